The molecule has 0 spiro atoms. The molecule has 1 aromatic carbocycles. The average Bonchev–Trinajstić information content (AvgIpc) is 2.73. The third-order valence-corrected chi connectivity index (χ3v) is 12.9. The van der Waals surface area contributed by atoms with Gasteiger partial charge in [-0.15, -0.1) is 5.54 Å². The maximum atomic E-state index is 13.6. The number of ether oxygens (including phenoxy) is 1. The van der Waals surface area contributed by atoms with E-state index in [0.717, 1.165) is 0 Å². The summed E-state index contributed by atoms with van der Waals surface area (Å²) in [5, 5.41) is 0.400. The van der Waals surface area contributed by atoms with Gasteiger partial charge in [-0.1, -0.05) is 53.1 Å². The smallest absolute Gasteiger partial charge is 0.302 e. The lowest BCUT2D eigenvalue weighted by molar-refractivity contribution is -0.113. The van der Waals surface area contributed by atoms with Gasteiger partial charge >= 0.3 is 5.91 Å². The fourth-order valence-electron chi connectivity index (χ4n) is 4.68. The van der Waals surface area contributed by atoms with Crippen molar-refractivity contribution in [2.24, 2.45) is 0 Å². The van der Waals surface area contributed by atoms with Crippen LogP contribution in [0.1, 0.15) is 60.3 Å². The number of halogens is 1. The summed E-state index contributed by atoms with van der Waals surface area (Å²) >= 11 is 6.39. The molecule has 6 nitrogen and oxygen atoms in total. The molecular weight excluding hydrogens is 452 g/mol. The van der Waals surface area contributed by atoms with E-state index in [4.69, 9.17) is 22.1 Å². The Kier molecular flexibility index (Phi) is 8.93. The van der Waals surface area contributed by atoms with Crippen LogP contribution in [0.5, 0.6) is 5.75 Å². The maximum absolute atomic E-state index is 13.6. The van der Waals surface area contributed by atoms with Crippen molar-refractivity contribution in [1.82, 2.24) is 9.97 Å². The lowest BCUT2D eigenvalue weighted by Crippen LogP contribution is -2.44. The summed E-state index contributed by atoms with van der Waals surface area (Å²) in [6.45, 7) is 15.2. The molecule has 0 saturated carbocycles. The van der Waals surface area contributed by atoms with Crippen LogP contribution in [-0.2, 0) is 4.79 Å². The Hall–Kier alpha value is -2.56. The van der Waals surface area contributed by atoms with Crippen molar-refractivity contribution in [2.75, 3.05) is 17.7 Å². The molecule has 0 aliphatic carbocycles. The van der Waals surface area contributed by atoms with Crippen LogP contribution in [0.4, 0.5) is 11.5 Å². The molecule has 1 heterocycles. The van der Waals surface area contributed by atoms with Crippen molar-refractivity contribution >= 4 is 37.1 Å². The fourth-order valence-corrected chi connectivity index (χ4v) is 10.1. The lowest BCUT2D eigenvalue weighted by atomic mass is 10.2. The molecule has 33 heavy (non-hydrogen) atoms. The average molecular weight is 487 g/mol. The first-order chi connectivity index (χ1) is 15.4. The molecule has 0 bridgehead atoms. The summed E-state index contributed by atoms with van der Waals surface area (Å²) in [4.78, 5) is 23.9. The van der Waals surface area contributed by atoms with E-state index in [1.54, 1.807) is 42.5 Å². The SMILES string of the molecule is COc1ccc(N(C(=O)C#C[Si](C(C)C)(C(C)C)C(C)C)C(C)c2nccc(N)n2)cc1Cl. The minimum atomic E-state index is -2.09. The molecule has 178 valence electrons. The van der Waals surface area contributed by atoms with E-state index < -0.39 is 14.1 Å². The highest BCUT2D eigenvalue weighted by Crippen LogP contribution is 2.41. The van der Waals surface area contributed by atoms with Crippen molar-refractivity contribution in [3.05, 3.63) is 41.3 Å². The van der Waals surface area contributed by atoms with Gasteiger partial charge < -0.3 is 10.5 Å². The van der Waals surface area contributed by atoms with Gasteiger partial charge in [0, 0.05) is 11.9 Å². The van der Waals surface area contributed by atoms with Gasteiger partial charge in [0.1, 0.15) is 19.6 Å². The minimum Gasteiger partial charge on any atom is -0.495 e. The zero-order valence-corrected chi connectivity index (χ0v) is 22.6. The minimum absolute atomic E-state index is 0.325. The second-order valence-corrected chi connectivity index (χ2v) is 15.1. The zero-order chi connectivity index (χ0) is 24.9. The number of carbonyl (C=O) groups excluding carboxylic acids is 1. The second kappa shape index (κ2) is 11.0. The molecule has 2 rings (SSSR count). The number of carbonyl (C=O) groups is 1. The standard InChI is InChI=1S/C25H35ClN4O2Si/c1-16(2)33(17(3)4,18(5)6)14-12-24(31)30(19(7)25-28-13-11-23(27)29-25)20-9-10-22(32-8)21(26)15-20/h9-11,13,15-19H,1-8H3,(H2,27,28,29). The second-order valence-electron chi connectivity index (χ2n) is 9.16. The monoisotopic (exact) mass is 486 g/mol. The van der Waals surface area contributed by atoms with Crippen LogP contribution < -0.4 is 15.4 Å². The van der Waals surface area contributed by atoms with Gasteiger partial charge in [0.15, 0.2) is 5.82 Å². The molecule has 1 amide bonds. The molecule has 8 heteroatoms. The van der Waals surface area contributed by atoms with Crippen LogP contribution in [0.3, 0.4) is 0 Å². The third-order valence-electron chi connectivity index (χ3n) is 6.34. The van der Waals surface area contributed by atoms with Gasteiger partial charge in [0.2, 0.25) is 0 Å². The van der Waals surface area contributed by atoms with Crippen LogP contribution in [-0.4, -0.2) is 31.1 Å². The number of anilines is 2. The van der Waals surface area contributed by atoms with Crippen molar-refractivity contribution in [3.8, 4) is 17.2 Å². The Labute approximate surface area is 203 Å². The molecule has 2 aromatic rings. The third kappa shape index (κ3) is 5.68. The van der Waals surface area contributed by atoms with E-state index >= 15 is 0 Å². The number of aromatic nitrogens is 2. The maximum Gasteiger partial charge on any atom is 0.302 e. The number of nitrogens with two attached hydrogens (primary N) is 1. The van der Waals surface area contributed by atoms with Gasteiger partial charge in [-0.3, -0.25) is 9.69 Å². The number of nitrogens with zero attached hydrogens (tertiary/aromatic N) is 3. The topological polar surface area (TPSA) is 81.3 Å². The van der Waals surface area contributed by atoms with Crippen LogP contribution in [0.25, 0.3) is 0 Å². The molecule has 1 unspecified atom stereocenters. The van der Waals surface area contributed by atoms with Crippen molar-refractivity contribution in [2.45, 2.75) is 71.1 Å². The number of methoxy groups -OCH3 is 1. The molecule has 0 fully saturated rings. The summed E-state index contributed by atoms with van der Waals surface area (Å²) in [7, 11) is -0.544. The Morgan fingerprint density at radius 2 is 1.70 bits per heavy atom. The Bertz CT molecular complexity index is 1020. The van der Waals surface area contributed by atoms with Gasteiger partial charge in [0.05, 0.1) is 18.2 Å². The number of rotatable bonds is 7. The van der Waals surface area contributed by atoms with Crippen molar-refractivity contribution < 1.29 is 9.53 Å². The molecule has 0 aliphatic heterocycles. The summed E-state index contributed by atoms with van der Waals surface area (Å²) in [6.07, 6.45) is 1.58. The van der Waals surface area contributed by atoms with E-state index in [0.29, 0.717) is 44.7 Å². The van der Waals surface area contributed by atoms with Gasteiger partial charge in [-0.2, -0.15) is 0 Å². The number of nitrogen functional groups attached to an aromatic ring is 1. The highest BCUT2D eigenvalue weighted by molar-refractivity contribution is 6.90. The zero-order valence-electron chi connectivity index (χ0n) is 20.8. The Balaban J connectivity index is 2.62. The first-order valence-electron chi connectivity index (χ1n) is 11.2. The highest BCUT2D eigenvalue weighted by atomic mass is 35.5. The Morgan fingerprint density at radius 1 is 1.09 bits per heavy atom. The predicted molar refractivity (Wildman–Crippen MR) is 139 cm³/mol. The number of hydrogen-bond donors (Lipinski definition) is 1. The van der Waals surface area contributed by atoms with E-state index in [2.05, 4.69) is 63.0 Å². The first kappa shape index (κ1) is 26.7. The van der Waals surface area contributed by atoms with Crippen LogP contribution in [0, 0.1) is 11.5 Å². The van der Waals surface area contributed by atoms with Gasteiger partial charge in [-0.25, -0.2) is 9.97 Å². The van der Waals surface area contributed by atoms with Crippen LogP contribution in [0.2, 0.25) is 21.6 Å². The summed E-state index contributed by atoms with van der Waals surface area (Å²) in [6, 6.07) is 6.31. The van der Waals surface area contributed by atoms with Crippen molar-refractivity contribution in [3.63, 3.8) is 0 Å². The summed E-state index contributed by atoms with van der Waals surface area (Å²) < 4.78 is 5.27. The van der Waals surface area contributed by atoms with E-state index in [1.807, 2.05) is 6.92 Å². The molecular formula is C25H35ClN4O2Si. The Morgan fingerprint density at radius 3 is 2.18 bits per heavy atom. The largest absolute Gasteiger partial charge is 0.495 e. The molecule has 2 N–H and O–H groups in total. The van der Waals surface area contributed by atoms with Crippen LogP contribution >= 0.6 is 11.6 Å². The summed E-state index contributed by atoms with van der Waals surface area (Å²) in [5.74, 6) is 3.98. The quantitative estimate of drug-likeness (QED) is 0.381. The number of hydrogen-bond acceptors (Lipinski definition) is 5. The normalized spacial score (nSPS) is 12.5. The molecule has 1 aromatic heterocycles. The summed E-state index contributed by atoms with van der Waals surface area (Å²) in [5.41, 5.74) is 11.2. The number of benzene rings is 1. The van der Waals surface area contributed by atoms with Crippen molar-refractivity contribution in [1.29, 1.82) is 0 Å². The fraction of sp³-hybridized carbons (Fsp3) is 0.480. The number of amides is 1. The van der Waals surface area contributed by atoms with E-state index in [-0.39, 0.29) is 5.91 Å². The van der Waals surface area contributed by atoms with Gasteiger partial charge in [-0.05, 0) is 53.7 Å². The van der Waals surface area contributed by atoms with Crippen LogP contribution in [0.15, 0.2) is 30.5 Å². The van der Waals surface area contributed by atoms with E-state index in [9.17, 15) is 4.79 Å². The highest BCUT2D eigenvalue weighted by Gasteiger charge is 2.42. The lowest BCUT2D eigenvalue weighted by Gasteiger charge is -2.38. The molecule has 0 radical (unpaired) electrons. The molecule has 1 atom stereocenters. The predicted octanol–water partition coefficient (Wildman–Crippen LogP) is 6.04. The van der Waals surface area contributed by atoms with E-state index in [1.165, 1.54) is 0 Å². The first-order valence-corrected chi connectivity index (χ1v) is 13.8. The molecule has 0 saturated heterocycles. The molecule has 0 aliphatic rings. The van der Waals surface area contributed by atoms with Gasteiger partial charge in [0.25, 0.3) is 0 Å².